The molecule has 178 valence electrons. The van der Waals surface area contributed by atoms with Gasteiger partial charge in [0.2, 0.25) is 5.95 Å². The van der Waals surface area contributed by atoms with Crippen LogP contribution in [0, 0.1) is 0 Å². The Kier molecular flexibility index (Phi) is 6.52. The minimum Gasteiger partial charge on any atom is -0.381 e. The van der Waals surface area contributed by atoms with Crippen LogP contribution in [-0.2, 0) is 33.2 Å². The third-order valence-electron chi connectivity index (χ3n) is 6.11. The van der Waals surface area contributed by atoms with E-state index in [9.17, 15) is 13.2 Å². The van der Waals surface area contributed by atoms with Crippen molar-refractivity contribution in [3.05, 3.63) is 46.2 Å². The van der Waals surface area contributed by atoms with Crippen molar-refractivity contribution in [2.45, 2.75) is 56.3 Å². The second-order valence-electron chi connectivity index (χ2n) is 8.96. The van der Waals surface area contributed by atoms with Crippen LogP contribution in [0.1, 0.15) is 43.5 Å². The minimum atomic E-state index is -3.41. The Hall–Kier alpha value is -2.43. The van der Waals surface area contributed by atoms with Gasteiger partial charge in [0, 0.05) is 48.8 Å². The number of amides is 2. The molecule has 2 N–H and O–H groups in total. The lowest BCUT2D eigenvalue weighted by atomic mass is 9.97. The maximum atomic E-state index is 13.1. The first kappa shape index (κ1) is 23.7. The summed E-state index contributed by atoms with van der Waals surface area (Å²) < 4.78 is 29.1. The molecule has 33 heavy (non-hydrogen) atoms. The molecule has 2 aromatic rings. The summed E-state index contributed by atoms with van der Waals surface area (Å²) in [5.74, 6) is 0.561. The van der Waals surface area contributed by atoms with Crippen molar-refractivity contribution < 1.29 is 17.9 Å². The monoisotopic (exact) mass is 493 g/mol. The Bertz CT molecular complexity index is 1170. The molecule has 1 saturated heterocycles. The molecule has 11 heteroatoms. The lowest BCUT2D eigenvalue weighted by Gasteiger charge is -2.32. The van der Waals surface area contributed by atoms with E-state index in [0.29, 0.717) is 23.1 Å². The normalized spacial score (nSPS) is 18.1. The first-order valence-electron chi connectivity index (χ1n) is 10.8. The number of anilines is 1. The molecule has 1 aromatic heterocycles. The highest BCUT2D eigenvalue weighted by Crippen LogP contribution is 2.38. The molecule has 0 aliphatic carbocycles. The summed E-state index contributed by atoms with van der Waals surface area (Å²) in [7, 11) is -3.41. The smallest absolute Gasteiger partial charge is 0.318 e. The number of rotatable bonds is 5. The van der Waals surface area contributed by atoms with Crippen molar-refractivity contribution in [3.8, 4) is 0 Å². The molecule has 0 atom stereocenters. The van der Waals surface area contributed by atoms with Gasteiger partial charge in [0.15, 0.2) is 9.84 Å². The summed E-state index contributed by atoms with van der Waals surface area (Å²) in [5, 5.41) is 6.54. The predicted molar refractivity (Wildman–Crippen MR) is 125 cm³/mol. The Labute approximate surface area is 198 Å². The third-order valence-corrected chi connectivity index (χ3v) is 7.42. The van der Waals surface area contributed by atoms with Crippen LogP contribution in [0.15, 0.2) is 29.3 Å². The number of fused-ring (bicyclic) bond motifs is 1. The zero-order valence-electron chi connectivity index (χ0n) is 18.9. The third kappa shape index (κ3) is 5.23. The number of sulfone groups is 1. The Morgan fingerprint density at radius 2 is 2.00 bits per heavy atom. The van der Waals surface area contributed by atoms with Crippen LogP contribution in [0.3, 0.4) is 0 Å². The Balaban J connectivity index is 1.45. The first-order chi connectivity index (χ1) is 15.5. The van der Waals surface area contributed by atoms with Gasteiger partial charge >= 0.3 is 6.03 Å². The molecule has 0 spiro atoms. The number of carbonyl (C=O) groups excluding carboxylic acids is 1. The van der Waals surface area contributed by atoms with Crippen molar-refractivity contribution in [1.82, 2.24) is 20.2 Å². The molecule has 2 aliphatic rings. The maximum absolute atomic E-state index is 13.1. The molecular formula is C22H28ClN5O4S. The number of hydrogen-bond acceptors (Lipinski definition) is 7. The van der Waals surface area contributed by atoms with Gasteiger partial charge in [0.1, 0.15) is 0 Å². The van der Waals surface area contributed by atoms with Crippen LogP contribution in [0.2, 0.25) is 5.02 Å². The lowest BCUT2D eigenvalue weighted by Crippen LogP contribution is -2.45. The van der Waals surface area contributed by atoms with Gasteiger partial charge in [0.25, 0.3) is 0 Å². The quantitative estimate of drug-likeness (QED) is 0.657. The summed E-state index contributed by atoms with van der Waals surface area (Å²) in [5.41, 5.74) is 1.72. The van der Waals surface area contributed by atoms with Gasteiger partial charge in [-0.1, -0.05) is 11.6 Å². The molecule has 3 heterocycles. The molecule has 2 aliphatic heterocycles. The van der Waals surface area contributed by atoms with Gasteiger partial charge < -0.3 is 20.3 Å². The number of ether oxygens (including phenoxy) is 1. The molecule has 4 rings (SSSR count). The van der Waals surface area contributed by atoms with E-state index >= 15 is 0 Å². The van der Waals surface area contributed by atoms with Gasteiger partial charge in [-0.3, -0.25) is 0 Å². The summed E-state index contributed by atoms with van der Waals surface area (Å²) in [4.78, 5) is 24.0. The number of carbonyl (C=O) groups is 1. The van der Waals surface area contributed by atoms with Crippen LogP contribution >= 0.6 is 11.6 Å². The Morgan fingerprint density at radius 3 is 2.70 bits per heavy atom. The van der Waals surface area contributed by atoms with Gasteiger partial charge in [-0.25, -0.2) is 23.2 Å². The second kappa shape index (κ2) is 9.08. The summed E-state index contributed by atoms with van der Waals surface area (Å²) in [6, 6.07) is 4.55. The number of benzene rings is 1. The first-order valence-corrected chi connectivity index (χ1v) is 13.1. The van der Waals surface area contributed by atoms with E-state index in [2.05, 4.69) is 20.6 Å². The number of hydrogen-bond donors (Lipinski definition) is 2. The minimum absolute atomic E-state index is 0.119. The predicted octanol–water partition coefficient (Wildman–Crippen LogP) is 3.08. The number of halogens is 1. The zero-order valence-corrected chi connectivity index (χ0v) is 20.5. The fourth-order valence-electron chi connectivity index (χ4n) is 4.17. The average Bonchev–Trinajstić information content (AvgIpc) is 3.02. The largest absolute Gasteiger partial charge is 0.381 e. The van der Waals surface area contributed by atoms with Gasteiger partial charge in [-0.2, -0.15) is 0 Å². The van der Waals surface area contributed by atoms with E-state index in [-0.39, 0.29) is 23.5 Å². The van der Waals surface area contributed by atoms with Gasteiger partial charge in [-0.05, 0) is 50.5 Å². The van der Waals surface area contributed by atoms with Crippen LogP contribution in [0.25, 0.3) is 0 Å². The number of nitrogens with one attached hydrogen (secondary N) is 2. The summed E-state index contributed by atoms with van der Waals surface area (Å²) >= 11 is 6.07. The van der Waals surface area contributed by atoms with Crippen LogP contribution < -0.4 is 10.6 Å². The van der Waals surface area contributed by atoms with Crippen molar-refractivity contribution >= 4 is 33.4 Å². The van der Waals surface area contributed by atoms with Gasteiger partial charge in [0.05, 0.1) is 22.7 Å². The molecule has 2 amide bonds. The molecule has 0 bridgehead atoms. The fourth-order valence-corrected chi connectivity index (χ4v) is 5.20. The number of urea groups is 1. The molecule has 9 nitrogen and oxygen atoms in total. The molecule has 0 unspecified atom stereocenters. The molecule has 1 aromatic carbocycles. The van der Waals surface area contributed by atoms with E-state index in [1.54, 1.807) is 17.2 Å². The highest BCUT2D eigenvalue weighted by atomic mass is 35.5. The van der Waals surface area contributed by atoms with Gasteiger partial charge in [-0.15, -0.1) is 0 Å². The van der Waals surface area contributed by atoms with Crippen molar-refractivity contribution in [3.63, 3.8) is 0 Å². The van der Waals surface area contributed by atoms with Crippen molar-refractivity contribution in [1.29, 1.82) is 0 Å². The van der Waals surface area contributed by atoms with Crippen molar-refractivity contribution in [2.24, 2.45) is 0 Å². The Morgan fingerprint density at radius 1 is 1.27 bits per heavy atom. The van der Waals surface area contributed by atoms with Crippen LogP contribution in [0.5, 0.6) is 0 Å². The van der Waals surface area contributed by atoms with Crippen molar-refractivity contribution in [2.75, 3.05) is 24.8 Å². The average molecular weight is 494 g/mol. The fraction of sp³-hybridized carbons (Fsp3) is 0.500. The van der Waals surface area contributed by atoms with Crippen LogP contribution in [-0.4, -0.2) is 54.8 Å². The second-order valence-corrected chi connectivity index (χ2v) is 11.4. The highest BCUT2D eigenvalue weighted by Gasteiger charge is 2.41. The molecular weight excluding hydrogens is 466 g/mol. The van der Waals surface area contributed by atoms with E-state index < -0.39 is 15.4 Å². The van der Waals surface area contributed by atoms with E-state index in [4.69, 9.17) is 16.3 Å². The van der Waals surface area contributed by atoms with Crippen LogP contribution in [0.4, 0.5) is 10.7 Å². The SMILES string of the molecule is CC1(C)c2cnc(NC3CCOCC3)nc2CN1C(=O)NCc1cc(Cl)cc(S(C)(=O)=O)c1. The number of aromatic nitrogens is 2. The summed E-state index contributed by atoms with van der Waals surface area (Å²) in [6.45, 7) is 5.85. The zero-order chi connectivity index (χ0) is 23.8. The molecule has 0 saturated carbocycles. The van der Waals surface area contributed by atoms with E-state index in [1.165, 1.54) is 12.1 Å². The van der Waals surface area contributed by atoms with E-state index in [0.717, 1.165) is 43.6 Å². The van der Waals surface area contributed by atoms with E-state index in [1.807, 2.05) is 13.8 Å². The maximum Gasteiger partial charge on any atom is 0.318 e. The number of nitrogens with zero attached hydrogens (tertiary/aromatic N) is 3. The molecule has 0 radical (unpaired) electrons. The molecule has 1 fully saturated rings. The summed E-state index contributed by atoms with van der Waals surface area (Å²) in [6.07, 6.45) is 4.72. The standard InChI is InChI=1S/C22H28ClN5O4S/c1-22(2)18-12-24-20(26-16-4-6-32-7-5-16)27-19(18)13-28(22)21(29)25-11-14-8-15(23)10-17(9-14)33(3,30)31/h8-10,12,16H,4-7,11,13H2,1-3H3,(H,25,29)(H,24,26,27). The lowest BCUT2D eigenvalue weighted by molar-refractivity contribution is 0.0903. The highest BCUT2D eigenvalue weighted by molar-refractivity contribution is 7.90. The topological polar surface area (TPSA) is 114 Å².